The first-order valence-electron chi connectivity index (χ1n) is 7.22. The summed E-state index contributed by atoms with van der Waals surface area (Å²) in [6.07, 6.45) is 0. The van der Waals surface area contributed by atoms with Crippen molar-refractivity contribution in [2.24, 2.45) is 10.2 Å². The molecule has 3 aromatic rings. The fourth-order valence-corrected chi connectivity index (χ4v) is 3.14. The molecule has 122 valence electrons. The van der Waals surface area contributed by atoms with Crippen molar-refractivity contribution in [2.75, 3.05) is 0 Å². The molecule has 1 amide bonds. The fraction of sp³-hybridized carbons (Fsp3) is 0.118. The lowest BCUT2D eigenvalue weighted by Crippen LogP contribution is -2.09. The summed E-state index contributed by atoms with van der Waals surface area (Å²) in [4.78, 5) is 15.9. The van der Waals surface area contributed by atoms with Crippen LogP contribution in [0, 0.1) is 0 Å². The molecule has 0 radical (unpaired) electrons. The van der Waals surface area contributed by atoms with Gasteiger partial charge < -0.3 is 10.1 Å². The Morgan fingerprint density at radius 3 is 2.67 bits per heavy atom. The first-order valence-corrected chi connectivity index (χ1v) is 8.48. The van der Waals surface area contributed by atoms with E-state index in [0.717, 1.165) is 10.4 Å². The SMILES string of the molecule is C[C@@H](Sc1ccc(Cl)cc1)C(=O)N=Nc1c(O)[nH]c2ccccc12. The van der Waals surface area contributed by atoms with E-state index in [1.807, 2.05) is 30.3 Å². The van der Waals surface area contributed by atoms with E-state index >= 15 is 0 Å². The molecule has 7 heteroatoms. The summed E-state index contributed by atoms with van der Waals surface area (Å²) in [5, 5.41) is 18.5. The maximum absolute atomic E-state index is 12.2. The number of azo groups is 1. The monoisotopic (exact) mass is 359 g/mol. The summed E-state index contributed by atoms with van der Waals surface area (Å²) < 4.78 is 0. The molecule has 0 aliphatic rings. The summed E-state index contributed by atoms with van der Waals surface area (Å²) >= 11 is 7.22. The zero-order chi connectivity index (χ0) is 17.1. The maximum atomic E-state index is 12.2. The lowest BCUT2D eigenvalue weighted by molar-refractivity contribution is -0.117. The minimum Gasteiger partial charge on any atom is -0.493 e. The average Bonchev–Trinajstić information content (AvgIpc) is 2.90. The summed E-state index contributed by atoms with van der Waals surface area (Å²) in [5.74, 6) is -0.481. The molecule has 0 aliphatic carbocycles. The highest BCUT2D eigenvalue weighted by molar-refractivity contribution is 8.00. The molecule has 0 unspecified atom stereocenters. The van der Waals surface area contributed by atoms with E-state index in [-0.39, 0.29) is 17.5 Å². The third-order valence-electron chi connectivity index (χ3n) is 3.38. The van der Waals surface area contributed by atoms with E-state index in [1.165, 1.54) is 11.8 Å². The van der Waals surface area contributed by atoms with Gasteiger partial charge in [-0.05, 0) is 37.3 Å². The number of nitrogens with zero attached hydrogens (tertiary/aromatic N) is 2. The topological polar surface area (TPSA) is 77.8 Å². The van der Waals surface area contributed by atoms with Gasteiger partial charge in [0.2, 0.25) is 5.88 Å². The van der Waals surface area contributed by atoms with E-state index in [2.05, 4.69) is 15.2 Å². The summed E-state index contributed by atoms with van der Waals surface area (Å²) in [5.41, 5.74) is 1.00. The number of carbonyl (C=O) groups excluding carboxylic acids is 1. The molecule has 0 saturated carbocycles. The van der Waals surface area contributed by atoms with Crippen LogP contribution in [0.5, 0.6) is 5.88 Å². The molecule has 0 bridgehead atoms. The average molecular weight is 360 g/mol. The second-order valence-electron chi connectivity index (χ2n) is 5.12. The first kappa shape index (κ1) is 16.5. The minimum atomic E-state index is -0.401. The van der Waals surface area contributed by atoms with Crippen molar-refractivity contribution in [2.45, 2.75) is 17.1 Å². The van der Waals surface area contributed by atoms with Crippen LogP contribution < -0.4 is 0 Å². The number of fused-ring (bicyclic) bond motifs is 1. The van der Waals surface area contributed by atoms with Gasteiger partial charge >= 0.3 is 0 Å². The number of thioether (sulfide) groups is 1. The lowest BCUT2D eigenvalue weighted by atomic mass is 10.2. The molecule has 0 fully saturated rings. The number of halogens is 1. The van der Waals surface area contributed by atoms with Gasteiger partial charge in [0, 0.05) is 15.3 Å². The van der Waals surface area contributed by atoms with Crippen molar-refractivity contribution in [3.63, 3.8) is 0 Å². The number of aromatic amines is 1. The van der Waals surface area contributed by atoms with Gasteiger partial charge in [-0.3, -0.25) is 4.79 Å². The zero-order valence-corrected chi connectivity index (χ0v) is 14.3. The van der Waals surface area contributed by atoms with Crippen molar-refractivity contribution in [1.82, 2.24) is 4.98 Å². The predicted molar refractivity (Wildman–Crippen MR) is 96.3 cm³/mol. The molecule has 1 atom stereocenters. The highest BCUT2D eigenvalue weighted by atomic mass is 35.5. The Kier molecular flexibility index (Phi) is 4.87. The molecule has 5 nitrogen and oxygen atoms in total. The number of nitrogens with one attached hydrogen (secondary N) is 1. The second kappa shape index (κ2) is 7.07. The van der Waals surface area contributed by atoms with Gasteiger partial charge in [0.1, 0.15) is 0 Å². The number of benzene rings is 2. The Hall–Kier alpha value is -2.31. The van der Waals surface area contributed by atoms with Crippen LogP contribution >= 0.6 is 23.4 Å². The van der Waals surface area contributed by atoms with Gasteiger partial charge in [0.15, 0.2) is 5.69 Å². The molecule has 0 spiro atoms. The van der Waals surface area contributed by atoms with Crippen molar-refractivity contribution < 1.29 is 9.90 Å². The zero-order valence-electron chi connectivity index (χ0n) is 12.7. The molecule has 0 saturated heterocycles. The number of carbonyl (C=O) groups is 1. The van der Waals surface area contributed by atoms with Crippen LogP contribution in [0.2, 0.25) is 5.02 Å². The normalized spacial score (nSPS) is 12.8. The van der Waals surface area contributed by atoms with Crippen molar-refractivity contribution in [3.05, 3.63) is 53.6 Å². The fourth-order valence-electron chi connectivity index (χ4n) is 2.16. The molecule has 24 heavy (non-hydrogen) atoms. The summed E-state index contributed by atoms with van der Waals surface area (Å²) in [7, 11) is 0. The maximum Gasteiger partial charge on any atom is 0.277 e. The van der Waals surface area contributed by atoms with E-state index in [4.69, 9.17) is 11.6 Å². The molecule has 2 aromatic carbocycles. The van der Waals surface area contributed by atoms with Gasteiger partial charge in [0.25, 0.3) is 5.91 Å². The Balaban J connectivity index is 1.74. The largest absolute Gasteiger partial charge is 0.493 e. The van der Waals surface area contributed by atoms with E-state index < -0.39 is 5.25 Å². The van der Waals surface area contributed by atoms with Crippen LogP contribution in [0.1, 0.15) is 6.92 Å². The third kappa shape index (κ3) is 3.60. The van der Waals surface area contributed by atoms with Crippen LogP contribution in [0.3, 0.4) is 0 Å². The van der Waals surface area contributed by atoms with E-state index in [0.29, 0.717) is 10.4 Å². The van der Waals surface area contributed by atoms with Crippen LogP contribution in [0.25, 0.3) is 10.9 Å². The number of aromatic nitrogens is 1. The van der Waals surface area contributed by atoms with Gasteiger partial charge in [0.05, 0.1) is 10.8 Å². The molecule has 1 heterocycles. The summed E-state index contributed by atoms with van der Waals surface area (Å²) in [6, 6.07) is 14.5. The van der Waals surface area contributed by atoms with Crippen LogP contribution in [-0.2, 0) is 4.79 Å². The highest BCUT2D eigenvalue weighted by Gasteiger charge is 2.15. The quantitative estimate of drug-likeness (QED) is 0.489. The Morgan fingerprint density at radius 2 is 1.92 bits per heavy atom. The number of hydrogen-bond acceptors (Lipinski definition) is 4. The third-order valence-corrected chi connectivity index (χ3v) is 4.73. The van der Waals surface area contributed by atoms with E-state index in [1.54, 1.807) is 25.1 Å². The highest BCUT2D eigenvalue weighted by Crippen LogP contribution is 2.35. The standard InChI is InChI=1S/C17H14ClN3O2S/c1-10(24-12-8-6-11(18)7-9-12)16(22)21-20-15-13-4-2-3-5-14(13)19-17(15)23/h2-10,19,23H,1H3/t10-/m1/s1. The Bertz CT molecular complexity index is 906. The Morgan fingerprint density at radius 1 is 1.21 bits per heavy atom. The molecule has 0 aliphatic heterocycles. The molecule has 3 rings (SSSR count). The number of hydrogen-bond donors (Lipinski definition) is 2. The number of amides is 1. The van der Waals surface area contributed by atoms with Gasteiger partial charge in [-0.1, -0.05) is 29.8 Å². The van der Waals surface area contributed by atoms with E-state index in [9.17, 15) is 9.90 Å². The molecule has 1 aromatic heterocycles. The number of para-hydroxylation sites is 1. The van der Waals surface area contributed by atoms with Crippen molar-refractivity contribution >= 4 is 45.9 Å². The summed E-state index contributed by atoms with van der Waals surface area (Å²) in [6.45, 7) is 1.76. The lowest BCUT2D eigenvalue weighted by Gasteiger charge is -2.06. The van der Waals surface area contributed by atoms with Gasteiger partial charge in [-0.15, -0.1) is 22.0 Å². The van der Waals surface area contributed by atoms with Crippen LogP contribution in [-0.4, -0.2) is 21.2 Å². The minimum absolute atomic E-state index is 0.106. The second-order valence-corrected chi connectivity index (χ2v) is 6.97. The number of H-pyrrole nitrogens is 1. The van der Waals surface area contributed by atoms with Crippen molar-refractivity contribution in [1.29, 1.82) is 0 Å². The smallest absolute Gasteiger partial charge is 0.277 e. The van der Waals surface area contributed by atoms with Crippen LogP contribution in [0.4, 0.5) is 5.69 Å². The molecular formula is C17H14ClN3O2S. The molecular weight excluding hydrogens is 346 g/mol. The first-order chi connectivity index (χ1) is 11.5. The van der Waals surface area contributed by atoms with Gasteiger partial charge in [-0.25, -0.2) is 0 Å². The van der Waals surface area contributed by atoms with Crippen molar-refractivity contribution in [3.8, 4) is 5.88 Å². The Labute approximate surface area is 147 Å². The molecule has 2 N–H and O–H groups in total. The number of aromatic hydroxyl groups is 1. The van der Waals surface area contributed by atoms with Crippen LogP contribution in [0.15, 0.2) is 63.7 Å². The predicted octanol–water partition coefficient (Wildman–Crippen LogP) is 5.32. The number of rotatable bonds is 4. The van der Waals surface area contributed by atoms with Gasteiger partial charge in [-0.2, -0.15) is 0 Å².